The second-order valence-corrected chi connectivity index (χ2v) is 20.7. The number of pyridine rings is 2. The molecule has 22 heteroatoms. The van der Waals surface area contributed by atoms with Gasteiger partial charge >= 0.3 is 19.3 Å². The molecule has 0 aliphatic carbocycles. The highest BCUT2D eigenvalue weighted by atomic mass is 79.9. The van der Waals surface area contributed by atoms with Crippen molar-refractivity contribution in [1.29, 1.82) is 0 Å². The van der Waals surface area contributed by atoms with Gasteiger partial charge in [-0.05, 0) is 149 Å². The molecular weight excluding hydrogens is 983 g/mol. The number of nitrogens with one attached hydrogen (secondary N) is 2. The van der Waals surface area contributed by atoms with Crippen LogP contribution in [0.4, 0.5) is 9.59 Å². The molecule has 2 fully saturated rings. The number of benzene rings is 2. The van der Waals surface area contributed by atoms with Gasteiger partial charge in [0, 0.05) is 104 Å². The predicted octanol–water partition coefficient (Wildman–Crippen LogP) is 7.53. The zero-order valence-electron chi connectivity index (χ0n) is 41.7. The van der Waals surface area contributed by atoms with E-state index in [1.807, 2.05) is 107 Å². The SMILES string of the molecule is Cn1nc(-c2ccc3[nH]nc(-c4ccncc4)c3c2)nc1[C@@H]1CCCN(C(=O)OC(C)(C)C)C1.Cn1nc(-c2ccc3n[nH]c(Br)c3c2)nc1[C@@H]1CCCN(C(=O)OC(C)(C)C)C1.OB(O)c1ccncc1. The van der Waals surface area contributed by atoms with Gasteiger partial charge in [0.05, 0.1) is 11.0 Å². The number of ether oxygens (including phenoxy) is 2. The molecule has 376 valence electrons. The van der Waals surface area contributed by atoms with E-state index >= 15 is 0 Å². The molecule has 6 aromatic heterocycles. The second kappa shape index (κ2) is 21.8. The standard InChI is InChI=1S/C25H29N7O2.C20H25BrN6O2.C5H6BNO2/c1-25(2,3)34-24(33)32-13-5-6-18(15-32)23-27-22(30-31(23)4)17-7-8-20-19(14-17)21(29-28-20)16-9-11-26-12-10-16;1-20(2,3)29-19(28)27-9-5-6-13(11-27)18-22-17(25-26(18)4)12-7-8-15-14(10-12)16(21)24-23-15;8-6(9)5-1-3-7-4-2-5/h7-12,14,18H,5-6,13,15H2,1-4H3,(H,28,29);7-8,10,13H,5-6,9,11H2,1-4H3,(H,23,24);1-4,8-9H/t18-;13-;/m11./s1. The van der Waals surface area contributed by atoms with Crippen LogP contribution in [0.1, 0.15) is 90.7 Å². The third-order valence-electron chi connectivity index (χ3n) is 12.0. The Bertz CT molecular complexity index is 3130. The van der Waals surface area contributed by atoms with Gasteiger partial charge in [-0.15, -0.1) is 0 Å². The molecule has 2 aliphatic rings. The van der Waals surface area contributed by atoms with E-state index in [4.69, 9.17) is 34.6 Å². The number of aromatic amines is 2. The third-order valence-corrected chi connectivity index (χ3v) is 12.6. The zero-order valence-corrected chi connectivity index (χ0v) is 43.3. The number of H-pyrrole nitrogens is 2. The molecular formula is C50H60BBrN14O6. The van der Waals surface area contributed by atoms with Crippen molar-refractivity contribution >= 4 is 62.5 Å². The third kappa shape index (κ3) is 12.5. The average molecular weight is 1040 g/mol. The van der Waals surface area contributed by atoms with Crippen molar-refractivity contribution in [1.82, 2.24) is 69.7 Å². The number of amides is 2. The first-order valence-electron chi connectivity index (χ1n) is 23.9. The van der Waals surface area contributed by atoms with E-state index in [9.17, 15) is 9.59 Å². The zero-order chi connectivity index (χ0) is 51.3. The van der Waals surface area contributed by atoms with Crippen LogP contribution in [0.2, 0.25) is 0 Å². The van der Waals surface area contributed by atoms with Crippen LogP contribution in [0.25, 0.3) is 55.8 Å². The Labute approximate surface area is 425 Å². The molecule has 8 heterocycles. The number of nitrogens with zero attached hydrogens (tertiary/aromatic N) is 12. The molecule has 20 nitrogen and oxygen atoms in total. The van der Waals surface area contributed by atoms with Gasteiger partial charge in [0.25, 0.3) is 0 Å². The molecule has 4 N–H and O–H groups in total. The summed E-state index contributed by atoms with van der Waals surface area (Å²) in [6.45, 7) is 13.9. The number of rotatable bonds is 6. The van der Waals surface area contributed by atoms with Crippen LogP contribution in [0.5, 0.6) is 0 Å². The van der Waals surface area contributed by atoms with Crippen molar-refractivity contribution < 1.29 is 29.1 Å². The highest BCUT2D eigenvalue weighted by Crippen LogP contribution is 2.33. The van der Waals surface area contributed by atoms with E-state index in [1.54, 1.807) is 34.3 Å². The normalized spacial score (nSPS) is 16.2. The minimum atomic E-state index is -1.38. The minimum Gasteiger partial charge on any atom is -0.444 e. The van der Waals surface area contributed by atoms with E-state index in [1.165, 1.54) is 12.4 Å². The van der Waals surface area contributed by atoms with Crippen LogP contribution in [0.3, 0.4) is 0 Å². The molecule has 0 radical (unpaired) electrons. The Morgan fingerprint density at radius 3 is 1.67 bits per heavy atom. The summed E-state index contributed by atoms with van der Waals surface area (Å²) in [4.78, 5) is 46.2. The Kier molecular flexibility index (Phi) is 15.5. The lowest BCUT2D eigenvalue weighted by atomic mass is 9.81. The van der Waals surface area contributed by atoms with Crippen molar-refractivity contribution in [3.05, 3.63) is 102 Å². The Morgan fingerprint density at radius 1 is 0.667 bits per heavy atom. The number of halogens is 1. The molecule has 0 spiro atoms. The van der Waals surface area contributed by atoms with Crippen molar-refractivity contribution in [2.45, 2.75) is 90.3 Å². The summed E-state index contributed by atoms with van der Waals surface area (Å²) in [5.41, 5.74) is 5.01. The fourth-order valence-corrected chi connectivity index (χ4v) is 9.05. The number of carbonyl (C=O) groups is 2. The van der Waals surface area contributed by atoms with Gasteiger partial charge in [-0.1, -0.05) is 0 Å². The molecule has 2 aliphatic heterocycles. The fraction of sp³-hybridized carbons (Fsp3) is 0.400. The van der Waals surface area contributed by atoms with Crippen LogP contribution >= 0.6 is 15.9 Å². The number of hydrogen-bond donors (Lipinski definition) is 4. The molecule has 10 rings (SSSR count). The van der Waals surface area contributed by atoms with Crippen LogP contribution in [0.15, 0.2) is 90.1 Å². The lowest BCUT2D eigenvalue weighted by molar-refractivity contribution is 0.0185. The molecule has 0 unspecified atom stereocenters. The van der Waals surface area contributed by atoms with Crippen LogP contribution < -0.4 is 5.46 Å². The smallest absolute Gasteiger partial charge is 0.444 e. The Morgan fingerprint density at radius 2 is 1.17 bits per heavy atom. The summed E-state index contributed by atoms with van der Waals surface area (Å²) in [5.74, 6) is 3.34. The van der Waals surface area contributed by atoms with E-state index in [0.717, 1.165) is 86.1 Å². The number of hydrogen-bond acceptors (Lipinski definition) is 14. The van der Waals surface area contributed by atoms with Gasteiger partial charge in [0.2, 0.25) is 0 Å². The predicted molar refractivity (Wildman–Crippen MR) is 277 cm³/mol. The number of carbonyl (C=O) groups excluding carboxylic acids is 2. The van der Waals surface area contributed by atoms with Crippen molar-refractivity contribution in [3.8, 4) is 34.0 Å². The van der Waals surface area contributed by atoms with Crippen LogP contribution in [-0.4, -0.2) is 136 Å². The fourth-order valence-electron chi connectivity index (χ4n) is 8.65. The first-order valence-corrected chi connectivity index (χ1v) is 24.7. The van der Waals surface area contributed by atoms with Gasteiger partial charge < -0.3 is 29.3 Å². The van der Waals surface area contributed by atoms with Crippen molar-refractivity contribution in [2.24, 2.45) is 14.1 Å². The summed E-state index contributed by atoms with van der Waals surface area (Å²) < 4.78 is 15.6. The number of fused-ring (bicyclic) bond motifs is 2. The molecule has 8 aromatic rings. The highest BCUT2D eigenvalue weighted by molar-refractivity contribution is 9.10. The maximum Gasteiger partial charge on any atom is 0.488 e. The minimum absolute atomic E-state index is 0.109. The van der Waals surface area contributed by atoms with E-state index < -0.39 is 18.3 Å². The number of piperidine rings is 2. The first kappa shape index (κ1) is 51.3. The Hall–Kier alpha value is -7.04. The molecule has 2 amide bonds. The molecule has 0 saturated carbocycles. The van der Waals surface area contributed by atoms with Crippen molar-refractivity contribution in [2.75, 3.05) is 26.2 Å². The van der Waals surface area contributed by atoms with E-state index in [0.29, 0.717) is 43.3 Å². The van der Waals surface area contributed by atoms with Gasteiger partial charge in [-0.2, -0.15) is 20.4 Å². The van der Waals surface area contributed by atoms with Crippen LogP contribution in [-0.2, 0) is 23.6 Å². The van der Waals surface area contributed by atoms with E-state index in [-0.39, 0.29) is 24.0 Å². The van der Waals surface area contributed by atoms with Crippen molar-refractivity contribution in [3.63, 3.8) is 0 Å². The summed E-state index contributed by atoms with van der Waals surface area (Å²) in [6.07, 6.45) is 9.75. The molecule has 72 heavy (non-hydrogen) atoms. The average Bonchev–Trinajstić information content (AvgIpc) is 4.16. The molecule has 2 atom stereocenters. The second-order valence-electron chi connectivity index (χ2n) is 19.9. The maximum absolute atomic E-state index is 12.6. The lowest BCUT2D eigenvalue weighted by Gasteiger charge is -2.33. The van der Waals surface area contributed by atoms with Gasteiger partial charge in [0.15, 0.2) is 11.6 Å². The molecule has 2 aromatic carbocycles. The number of likely N-dealkylation sites (tertiary alicyclic amines) is 2. The van der Waals surface area contributed by atoms with Gasteiger partial charge in [-0.25, -0.2) is 19.6 Å². The van der Waals surface area contributed by atoms with Gasteiger partial charge in [0.1, 0.15) is 33.1 Å². The van der Waals surface area contributed by atoms with E-state index in [2.05, 4.69) is 57.5 Å². The largest absolute Gasteiger partial charge is 0.488 e. The number of aromatic nitrogens is 12. The monoisotopic (exact) mass is 1040 g/mol. The molecule has 0 bridgehead atoms. The quantitative estimate of drug-likeness (QED) is 0.118. The lowest BCUT2D eigenvalue weighted by Crippen LogP contribution is -2.42. The van der Waals surface area contributed by atoms with Gasteiger partial charge in [-0.3, -0.25) is 29.5 Å². The summed E-state index contributed by atoms with van der Waals surface area (Å²) in [7, 11) is 2.44. The summed E-state index contributed by atoms with van der Waals surface area (Å²) >= 11 is 3.48. The first-order chi connectivity index (χ1) is 34.3. The summed E-state index contributed by atoms with van der Waals surface area (Å²) in [5, 5.41) is 43.2. The molecule has 2 saturated heterocycles. The summed E-state index contributed by atoms with van der Waals surface area (Å²) in [6, 6.07) is 19.0. The highest BCUT2D eigenvalue weighted by Gasteiger charge is 2.33. The topological polar surface area (TPSA) is 244 Å². The van der Waals surface area contributed by atoms with Crippen LogP contribution in [0, 0.1) is 0 Å². The maximum atomic E-state index is 12.6. The number of aryl methyl sites for hydroxylation is 2. The Balaban J connectivity index is 0.000000166.